The molecule has 29 heavy (non-hydrogen) atoms. The van der Waals surface area contributed by atoms with Crippen molar-refractivity contribution in [1.29, 1.82) is 0 Å². The van der Waals surface area contributed by atoms with Crippen LogP contribution in [0.5, 0.6) is 5.75 Å². The SMILES string of the molecule is CC(C)(C)n1cc(-c2cc(OC[C@@H]3CNCC4(CC4)O3)c3nccnc3c2)cn1. The first kappa shape index (κ1) is 18.5. The molecule has 7 nitrogen and oxygen atoms in total. The van der Waals surface area contributed by atoms with Crippen LogP contribution in [-0.4, -0.2) is 51.1 Å². The molecule has 1 saturated heterocycles. The Balaban J connectivity index is 1.43. The lowest BCUT2D eigenvalue weighted by atomic mass is 10.1. The van der Waals surface area contributed by atoms with E-state index in [4.69, 9.17) is 9.47 Å². The van der Waals surface area contributed by atoms with E-state index >= 15 is 0 Å². The number of nitrogens with zero attached hydrogens (tertiary/aromatic N) is 4. The molecule has 5 rings (SSSR count). The van der Waals surface area contributed by atoms with Crippen molar-refractivity contribution < 1.29 is 9.47 Å². The van der Waals surface area contributed by atoms with Gasteiger partial charge in [0.05, 0.1) is 22.9 Å². The summed E-state index contributed by atoms with van der Waals surface area (Å²) >= 11 is 0. The van der Waals surface area contributed by atoms with Crippen molar-refractivity contribution in [2.75, 3.05) is 19.7 Å². The molecule has 1 spiro atoms. The minimum atomic E-state index is -0.0711. The molecule has 2 aromatic heterocycles. The molecule has 0 unspecified atom stereocenters. The number of morpholine rings is 1. The summed E-state index contributed by atoms with van der Waals surface area (Å²) in [5.74, 6) is 0.730. The van der Waals surface area contributed by atoms with Gasteiger partial charge in [-0.2, -0.15) is 5.10 Å². The molecule has 1 aliphatic carbocycles. The number of fused-ring (bicyclic) bond motifs is 1. The van der Waals surface area contributed by atoms with Gasteiger partial charge in [-0.25, -0.2) is 4.98 Å². The normalized spacial score (nSPS) is 20.9. The fourth-order valence-electron chi connectivity index (χ4n) is 3.77. The standard InChI is InChI=1S/C22H27N5O2/c1-21(2,3)27-12-16(10-26-27)15-8-18-20(25-7-6-24-18)19(9-15)28-13-17-11-23-14-22(29-17)4-5-22/h6-10,12,17,23H,4-5,11,13-14H2,1-3H3/t17-/m0/s1. The van der Waals surface area contributed by atoms with E-state index in [9.17, 15) is 0 Å². The van der Waals surface area contributed by atoms with Gasteiger partial charge in [-0.3, -0.25) is 9.67 Å². The summed E-state index contributed by atoms with van der Waals surface area (Å²) in [7, 11) is 0. The van der Waals surface area contributed by atoms with Gasteiger partial charge in [0.15, 0.2) is 0 Å². The van der Waals surface area contributed by atoms with Crippen LogP contribution in [0, 0.1) is 0 Å². The molecule has 3 aromatic rings. The Kier molecular flexibility index (Phi) is 4.33. The summed E-state index contributed by atoms with van der Waals surface area (Å²) in [5, 5.41) is 8.00. The van der Waals surface area contributed by atoms with Crippen molar-refractivity contribution in [3.05, 3.63) is 36.9 Å². The minimum absolute atomic E-state index is 0.0465. The summed E-state index contributed by atoms with van der Waals surface area (Å²) in [4.78, 5) is 9.00. The van der Waals surface area contributed by atoms with E-state index in [-0.39, 0.29) is 17.2 Å². The average molecular weight is 393 g/mol. The van der Waals surface area contributed by atoms with Crippen molar-refractivity contribution in [2.45, 2.75) is 50.9 Å². The van der Waals surface area contributed by atoms with Crippen LogP contribution in [0.2, 0.25) is 0 Å². The fraction of sp³-hybridized carbons (Fsp3) is 0.500. The molecule has 2 fully saturated rings. The van der Waals surface area contributed by atoms with Crippen LogP contribution < -0.4 is 10.1 Å². The van der Waals surface area contributed by atoms with Gasteiger partial charge < -0.3 is 14.8 Å². The highest BCUT2D eigenvalue weighted by molar-refractivity contribution is 5.86. The van der Waals surface area contributed by atoms with Crippen molar-refractivity contribution in [3.63, 3.8) is 0 Å². The highest BCUT2D eigenvalue weighted by Crippen LogP contribution is 2.41. The van der Waals surface area contributed by atoms with E-state index in [1.165, 1.54) is 0 Å². The van der Waals surface area contributed by atoms with Gasteiger partial charge in [0.2, 0.25) is 0 Å². The number of hydrogen-bond donors (Lipinski definition) is 1. The number of ether oxygens (including phenoxy) is 2. The van der Waals surface area contributed by atoms with E-state index in [2.05, 4.69) is 47.4 Å². The second-order valence-electron chi connectivity index (χ2n) is 9.11. The Labute approximate surface area is 170 Å². The van der Waals surface area contributed by atoms with Crippen molar-refractivity contribution >= 4 is 11.0 Å². The highest BCUT2D eigenvalue weighted by Gasteiger charge is 2.47. The number of nitrogens with one attached hydrogen (secondary N) is 1. The Morgan fingerprint density at radius 2 is 2.03 bits per heavy atom. The van der Waals surface area contributed by atoms with Crippen molar-refractivity contribution in [2.24, 2.45) is 0 Å². The third-order valence-electron chi connectivity index (χ3n) is 5.61. The summed E-state index contributed by atoms with van der Waals surface area (Å²) in [6.45, 7) is 8.65. The van der Waals surface area contributed by atoms with E-state index in [0.29, 0.717) is 6.61 Å². The fourth-order valence-corrected chi connectivity index (χ4v) is 3.77. The molecule has 1 aliphatic heterocycles. The van der Waals surface area contributed by atoms with E-state index in [1.807, 2.05) is 23.0 Å². The third kappa shape index (κ3) is 3.72. The van der Waals surface area contributed by atoms with Crippen LogP contribution in [0.4, 0.5) is 0 Å². The molecule has 7 heteroatoms. The lowest BCUT2D eigenvalue weighted by molar-refractivity contribution is -0.0711. The molecule has 152 valence electrons. The lowest BCUT2D eigenvalue weighted by Crippen LogP contribution is -2.48. The van der Waals surface area contributed by atoms with Crippen LogP contribution >= 0.6 is 0 Å². The van der Waals surface area contributed by atoms with Gasteiger partial charge in [0.1, 0.15) is 24.0 Å². The van der Waals surface area contributed by atoms with E-state index in [0.717, 1.165) is 53.8 Å². The molecule has 0 amide bonds. The predicted molar refractivity (Wildman–Crippen MR) is 111 cm³/mol. The van der Waals surface area contributed by atoms with Crippen molar-refractivity contribution in [3.8, 4) is 16.9 Å². The van der Waals surface area contributed by atoms with Gasteiger partial charge >= 0.3 is 0 Å². The predicted octanol–water partition coefficient (Wildman–Crippen LogP) is 3.15. The lowest BCUT2D eigenvalue weighted by Gasteiger charge is -2.31. The molecule has 1 aromatic carbocycles. The molecule has 0 radical (unpaired) electrons. The molecular weight excluding hydrogens is 366 g/mol. The van der Waals surface area contributed by atoms with Gasteiger partial charge in [0, 0.05) is 37.2 Å². The molecule has 1 saturated carbocycles. The Hall–Kier alpha value is -2.51. The zero-order chi connectivity index (χ0) is 20.1. The quantitative estimate of drug-likeness (QED) is 0.734. The number of hydrogen-bond acceptors (Lipinski definition) is 6. The van der Waals surface area contributed by atoms with Crippen LogP contribution in [0.1, 0.15) is 33.6 Å². The molecule has 1 atom stereocenters. The zero-order valence-electron chi connectivity index (χ0n) is 17.2. The first-order valence-electron chi connectivity index (χ1n) is 10.2. The Bertz CT molecular complexity index is 1040. The van der Waals surface area contributed by atoms with Crippen LogP contribution in [-0.2, 0) is 10.3 Å². The summed E-state index contributed by atoms with van der Waals surface area (Å²) in [6.07, 6.45) is 9.68. The second-order valence-corrected chi connectivity index (χ2v) is 9.11. The number of aromatic nitrogens is 4. The smallest absolute Gasteiger partial charge is 0.147 e. The Morgan fingerprint density at radius 3 is 2.79 bits per heavy atom. The van der Waals surface area contributed by atoms with Gasteiger partial charge in [-0.05, 0) is 51.3 Å². The van der Waals surface area contributed by atoms with Gasteiger partial charge in [-0.1, -0.05) is 0 Å². The van der Waals surface area contributed by atoms with Crippen LogP contribution in [0.15, 0.2) is 36.9 Å². The Morgan fingerprint density at radius 1 is 1.21 bits per heavy atom. The number of rotatable bonds is 4. The first-order valence-corrected chi connectivity index (χ1v) is 10.2. The highest BCUT2D eigenvalue weighted by atomic mass is 16.6. The van der Waals surface area contributed by atoms with Gasteiger partial charge in [-0.15, -0.1) is 0 Å². The van der Waals surface area contributed by atoms with Crippen LogP contribution in [0.25, 0.3) is 22.2 Å². The topological polar surface area (TPSA) is 74.1 Å². The molecule has 1 N–H and O–H groups in total. The molecular formula is C22H27N5O2. The summed E-state index contributed by atoms with van der Waals surface area (Å²) in [5.41, 5.74) is 3.61. The monoisotopic (exact) mass is 393 g/mol. The van der Waals surface area contributed by atoms with Crippen LogP contribution in [0.3, 0.4) is 0 Å². The molecule has 3 heterocycles. The maximum absolute atomic E-state index is 6.24. The zero-order valence-corrected chi connectivity index (χ0v) is 17.2. The summed E-state index contributed by atoms with van der Waals surface area (Å²) in [6, 6.07) is 4.07. The second kappa shape index (κ2) is 6.78. The van der Waals surface area contributed by atoms with E-state index in [1.54, 1.807) is 12.4 Å². The third-order valence-corrected chi connectivity index (χ3v) is 5.61. The minimum Gasteiger partial charge on any atom is -0.488 e. The largest absolute Gasteiger partial charge is 0.488 e. The number of benzene rings is 1. The average Bonchev–Trinajstić information content (AvgIpc) is 3.24. The maximum atomic E-state index is 6.24. The van der Waals surface area contributed by atoms with Gasteiger partial charge in [0.25, 0.3) is 0 Å². The van der Waals surface area contributed by atoms with Crippen molar-refractivity contribution in [1.82, 2.24) is 25.1 Å². The molecule has 0 bridgehead atoms. The molecule has 2 aliphatic rings. The first-order chi connectivity index (χ1) is 13.9. The van der Waals surface area contributed by atoms with E-state index < -0.39 is 0 Å². The maximum Gasteiger partial charge on any atom is 0.147 e. The summed E-state index contributed by atoms with van der Waals surface area (Å²) < 4.78 is 14.4.